The fourth-order valence-electron chi connectivity index (χ4n) is 1.86. The lowest BCUT2D eigenvalue weighted by atomic mass is 10.2. The molecule has 0 radical (unpaired) electrons. The molecule has 1 aliphatic heterocycles. The molecule has 2 amide bonds. The Hall–Kier alpha value is -1.55. The number of carbonyl (C=O) groups is 2. The number of hydrogen-bond acceptors (Lipinski definition) is 2. The number of likely N-dealkylation sites (N-methyl/N-ethyl adjacent to an activating group) is 1. The Morgan fingerprint density at radius 1 is 1.53 bits per heavy atom. The maximum atomic E-state index is 11.9. The molecule has 1 aromatic carbocycles. The second-order valence-corrected chi connectivity index (χ2v) is 4.60. The second kappa shape index (κ2) is 4.75. The number of rotatable bonds is 2. The summed E-state index contributed by atoms with van der Waals surface area (Å²) in [6.45, 7) is 0.561. The highest BCUT2D eigenvalue weighted by Crippen LogP contribution is 2.12. The highest BCUT2D eigenvalue weighted by molar-refractivity contribution is 6.30. The SMILES string of the molecule is CN1CC(NC(=O)c2cccc(Cl)c2)CC1=O. The van der Waals surface area contributed by atoms with Gasteiger partial charge in [0.1, 0.15) is 0 Å². The van der Waals surface area contributed by atoms with Gasteiger partial charge in [0.15, 0.2) is 0 Å². The van der Waals surface area contributed by atoms with E-state index in [0.29, 0.717) is 23.6 Å². The number of nitrogens with one attached hydrogen (secondary N) is 1. The number of nitrogens with zero attached hydrogens (tertiary/aromatic N) is 1. The van der Waals surface area contributed by atoms with E-state index in [1.165, 1.54) is 0 Å². The molecule has 0 spiro atoms. The number of hydrogen-bond donors (Lipinski definition) is 1. The first-order valence-corrected chi connectivity index (χ1v) is 5.74. The van der Waals surface area contributed by atoms with Gasteiger partial charge in [-0.2, -0.15) is 0 Å². The monoisotopic (exact) mass is 252 g/mol. The molecule has 0 aromatic heterocycles. The fourth-order valence-corrected chi connectivity index (χ4v) is 2.05. The molecule has 1 aliphatic rings. The topological polar surface area (TPSA) is 49.4 Å². The third kappa shape index (κ3) is 2.77. The van der Waals surface area contributed by atoms with E-state index in [4.69, 9.17) is 11.6 Å². The third-order valence-electron chi connectivity index (χ3n) is 2.76. The minimum Gasteiger partial charge on any atom is -0.347 e. The van der Waals surface area contributed by atoms with Crippen LogP contribution < -0.4 is 5.32 Å². The Labute approximate surface area is 105 Å². The van der Waals surface area contributed by atoms with Gasteiger partial charge in [0.2, 0.25) is 5.91 Å². The zero-order chi connectivity index (χ0) is 12.4. The Balaban J connectivity index is 2.01. The van der Waals surface area contributed by atoms with Gasteiger partial charge in [-0.05, 0) is 18.2 Å². The summed E-state index contributed by atoms with van der Waals surface area (Å²) in [5.41, 5.74) is 0.513. The van der Waals surface area contributed by atoms with Crippen molar-refractivity contribution in [3.8, 4) is 0 Å². The summed E-state index contributed by atoms with van der Waals surface area (Å²) in [5, 5.41) is 3.35. The van der Waals surface area contributed by atoms with E-state index in [0.717, 1.165) is 0 Å². The molecule has 0 saturated carbocycles. The molecular formula is C12H13ClN2O2. The van der Waals surface area contributed by atoms with Crippen molar-refractivity contribution in [2.24, 2.45) is 0 Å². The lowest BCUT2D eigenvalue weighted by Gasteiger charge is -2.12. The van der Waals surface area contributed by atoms with E-state index in [9.17, 15) is 9.59 Å². The first-order valence-electron chi connectivity index (χ1n) is 5.36. The zero-order valence-corrected chi connectivity index (χ0v) is 10.2. The Kier molecular flexibility index (Phi) is 3.33. The number of carbonyl (C=O) groups excluding carboxylic acids is 2. The van der Waals surface area contributed by atoms with E-state index in [1.54, 1.807) is 36.2 Å². The van der Waals surface area contributed by atoms with Crippen molar-refractivity contribution in [3.63, 3.8) is 0 Å². The second-order valence-electron chi connectivity index (χ2n) is 4.16. The molecule has 17 heavy (non-hydrogen) atoms. The van der Waals surface area contributed by atoms with Gasteiger partial charge in [0, 0.05) is 30.6 Å². The highest BCUT2D eigenvalue weighted by Gasteiger charge is 2.27. The van der Waals surface area contributed by atoms with E-state index < -0.39 is 0 Å². The molecule has 1 aromatic rings. The Bertz CT molecular complexity index is 462. The molecule has 1 N–H and O–H groups in total. The largest absolute Gasteiger partial charge is 0.347 e. The van der Waals surface area contributed by atoms with Crippen LogP contribution in [0.5, 0.6) is 0 Å². The quantitative estimate of drug-likeness (QED) is 0.863. The summed E-state index contributed by atoms with van der Waals surface area (Å²) < 4.78 is 0. The van der Waals surface area contributed by atoms with Crippen LogP contribution in [-0.4, -0.2) is 36.3 Å². The van der Waals surface area contributed by atoms with Crippen molar-refractivity contribution in [2.45, 2.75) is 12.5 Å². The van der Waals surface area contributed by atoms with E-state index in [2.05, 4.69) is 5.32 Å². The predicted molar refractivity (Wildman–Crippen MR) is 65.0 cm³/mol. The zero-order valence-electron chi connectivity index (χ0n) is 9.44. The lowest BCUT2D eigenvalue weighted by molar-refractivity contribution is -0.126. The van der Waals surface area contributed by atoms with Crippen LogP contribution in [0.25, 0.3) is 0 Å². The van der Waals surface area contributed by atoms with Crippen molar-refractivity contribution in [1.29, 1.82) is 0 Å². The first-order chi connectivity index (χ1) is 8.06. The van der Waals surface area contributed by atoms with Gasteiger partial charge >= 0.3 is 0 Å². The molecule has 4 nitrogen and oxygen atoms in total. The fraction of sp³-hybridized carbons (Fsp3) is 0.333. The molecular weight excluding hydrogens is 240 g/mol. The van der Waals surface area contributed by atoms with Crippen molar-refractivity contribution in [2.75, 3.05) is 13.6 Å². The summed E-state index contributed by atoms with van der Waals surface area (Å²) in [6, 6.07) is 6.63. The van der Waals surface area contributed by atoms with Crippen LogP contribution in [0.15, 0.2) is 24.3 Å². The van der Waals surface area contributed by atoms with Gasteiger partial charge in [0.05, 0.1) is 6.04 Å². The summed E-state index contributed by atoms with van der Waals surface area (Å²) in [4.78, 5) is 24.8. The number of halogens is 1. The van der Waals surface area contributed by atoms with Crippen LogP contribution >= 0.6 is 11.6 Å². The summed E-state index contributed by atoms with van der Waals surface area (Å²) in [7, 11) is 1.73. The normalized spacial score (nSPS) is 19.5. The molecule has 0 aliphatic carbocycles. The van der Waals surface area contributed by atoms with Gasteiger partial charge in [-0.15, -0.1) is 0 Å². The Morgan fingerprint density at radius 3 is 2.88 bits per heavy atom. The minimum atomic E-state index is -0.194. The minimum absolute atomic E-state index is 0.0568. The average molecular weight is 253 g/mol. The van der Waals surface area contributed by atoms with Crippen molar-refractivity contribution in [1.82, 2.24) is 10.2 Å². The van der Waals surface area contributed by atoms with Crippen molar-refractivity contribution < 1.29 is 9.59 Å². The molecule has 1 fully saturated rings. The van der Waals surface area contributed by atoms with Crippen LogP contribution in [0.3, 0.4) is 0 Å². The Morgan fingerprint density at radius 2 is 2.29 bits per heavy atom. The molecule has 1 saturated heterocycles. The molecule has 0 bridgehead atoms. The average Bonchev–Trinajstić information content (AvgIpc) is 2.58. The maximum absolute atomic E-state index is 11.9. The highest BCUT2D eigenvalue weighted by atomic mass is 35.5. The van der Waals surface area contributed by atoms with Gasteiger partial charge in [-0.1, -0.05) is 17.7 Å². The van der Waals surface area contributed by atoms with Crippen molar-refractivity contribution in [3.05, 3.63) is 34.9 Å². The first kappa shape index (κ1) is 11.9. The lowest BCUT2D eigenvalue weighted by Crippen LogP contribution is -2.36. The molecule has 1 atom stereocenters. The number of benzene rings is 1. The van der Waals surface area contributed by atoms with Gasteiger partial charge in [-0.3, -0.25) is 9.59 Å². The van der Waals surface area contributed by atoms with Crippen LogP contribution in [0.1, 0.15) is 16.8 Å². The van der Waals surface area contributed by atoms with Crippen LogP contribution in [-0.2, 0) is 4.79 Å². The van der Waals surface area contributed by atoms with E-state index in [1.807, 2.05) is 0 Å². The number of likely N-dealkylation sites (tertiary alicyclic amines) is 1. The standard InChI is InChI=1S/C12H13ClN2O2/c1-15-7-10(6-11(15)16)14-12(17)8-3-2-4-9(13)5-8/h2-5,10H,6-7H2,1H3,(H,14,17). The smallest absolute Gasteiger partial charge is 0.251 e. The molecule has 2 rings (SSSR count). The molecule has 1 unspecified atom stereocenters. The number of amides is 2. The van der Waals surface area contributed by atoms with Gasteiger partial charge < -0.3 is 10.2 Å². The van der Waals surface area contributed by atoms with E-state index in [-0.39, 0.29) is 17.9 Å². The summed E-state index contributed by atoms with van der Waals surface area (Å²) in [5.74, 6) is -0.137. The summed E-state index contributed by atoms with van der Waals surface area (Å²) in [6.07, 6.45) is 0.364. The molecule has 1 heterocycles. The maximum Gasteiger partial charge on any atom is 0.251 e. The van der Waals surface area contributed by atoms with Gasteiger partial charge in [0.25, 0.3) is 5.91 Å². The predicted octanol–water partition coefficient (Wildman–Crippen LogP) is 1.30. The molecule has 5 heteroatoms. The van der Waals surface area contributed by atoms with Crippen molar-refractivity contribution >= 4 is 23.4 Å². The summed E-state index contributed by atoms with van der Waals surface area (Å²) >= 11 is 5.81. The van der Waals surface area contributed by atoms with Crippen LogP contribution in [0, 0.1) is 0 Å². The third-order valence-corrected chi connectivity index (χ3v) is 3.00. The van der Waals surface area contributed by atoms with Gasteiger partial charge in [-0.25, -0.2) is 0 Å². The molecule has 90 valence electrons. The van der Waals surface area contributed by atoms with Crippen LogP contribution in [0.4, 0.5) is 0 Å². The van der Waals surface area contributed by atoms with E-state index >= 15 is 0 Å². The van der Waals surface area contributed by atoms with Crippen LogP contribution in [0.2, 0.25) is 5.02 Å².